The van der Waals surface area contributed by atoms with Crippen molar-refractivity contribution < 1.29 is 9.84 Å². The first kappa shape index (κ1) is 11.6. The minimum atomic E-state index is -0.714. The molecule has 0 radical (unpaired) electrons. The van der Waals surface area contributed by atoms with E-state index < -0.39 is 6.10 Å². The summed E-state index contributed by atoms with van der Waals surface area (Å²) in [6, 6.07) is 7.75. The largest absolute Gasteiger partial charge is 0.493 e. The van der Waals surface area contributed by atoms with Crippen molar-refractivity contribution in [3.63, 3.8) is 0 Å². The molecule has 0 saturated heterocycles. The molecule has 18 heavy (non-hydrogen) atoms. The Balaban J connectivity index is 1.98. The molecule has 0 spiro atoms. The molecule has 1 aliphatic heterocycles. The molecule has 1 aromatic heterocycles. The lowest BCUT2D eigenvalue weighted by molar-refractivity contribution is 0.122. The number of benzene rings is 1. The molecular weight excluding hydrogens is 252 g/mol. The Kier molecular flexibility index (Phi) is 2.76. The number of halogens is 1. The number of aliphatic hydroxyl groups is 1. The average molecular weight is 265 g/mol. The normalized spacial score (nSPS) is 19.4. The molecule has 0 amide bonds. The Hall–Kier alpha value is -1.52. The number of aromatic nitrogens is 2. The lowest BCUT2D eigenvalue weighted by Gasteiger charge is -2.17. The summed E-state index contributed by atoms with van der Waals surface area (Å²) in [4.78, 5) is 0. The van der Waals surface area contributed by atoms with E-state index in [0.717, 1.165) is 11.3 Å². The zero-order valence-electron chi connectivity index (χ0n) is 9.88. The van der Waals surface area contributed by atoms with E-state index in [4.69, 9.17) is 16.3 Å². The van der Waals surface area contributed by atoms with Crippen LogP contribution in [0.5, 0.6) is 5.75 Å². The topological polar surface area (TPSA) is 47.3 Å². The highest BCUT2D eigenvalue weighted by molar-refractivity contribution is 6.31. The van der Waals surface area contributed by atoms with Crippen LogP contribution < -0.4 is 4.74 Å². The van der Waals surface area contributed by atoms with Gasteiger partial charge in [0.25, 0.3) is 0 Å². The van der Waals surface area contributed by atoms with Crippen LogP contribution in [0.15, 0.2) is 30.5 Å². The van der Waals surface area contributed by atoms with Crippen molar-refractivity contribution >= 4 is 11.6 Å². The van der Waals surface area contributed by atoms with Gasteiger partial charge < -0.3 is 9.84 Å². The third-order valence-corrected chi connectivity index (χ3v) is 3.63. The molecule has 3 rings (SSSR count). The monoisotopic (exact) mass is 264 g/mol. The van der Waals surface area contributed by atoms with Crippen LogP contribution in [0.3, 0.4) is 0 Å². The van der Waals surface area contributed by atoms with E-state index in [-0.39, 0.29) is 5.92 Å². The molecule has 0 aliphatic carbocycles. The number of nitrogens with zero attached hydrogens (tertiary/aromatic N) is 2. The molecule has 5 heteroatoms. The molecule has 2 aromatic rings. The second kappa shape index (κ2) is 4.30. The fraction of sp³-hybridized carbons (Fsp3) is 0.308. The first-order valence-electron chi connectivity index (χ1n) is 5.75. The van der Waals surface area contributed by atoms with E-state index in [1.807, 2.05) is 24.3 Å². The van der Waals surface area contributed by atoms with Gasteiger partial charge in [-0.15, -0.1) is 0 Å². The highest BCUT2D eigenvalue weighted by atomic mass is 35.5. The smallest absolute Gasteiger partial charge is 0.123 e. The minimum absolute atomic E-state index is 0.103. The van der Waals surface area contributed by atoms with Gasteiger partial charge >= 0.3 is 0 Å². The summed E-state index contributed by atoms with van der Waals surface area (Å²) in [5.41, 5.74) is 1.64. The Morgan fingerprint density at radius 2 is 2.28 bits per heavy atom. The molecule has 0 fully saturated rings. The lowest BCUT2D eigenvalue weighted by Crippen LogP contribution is -2.16. The van der Waals surface area contributed by atoms with E-state index in [1.54, 1.807) is 17.9 Å². The van der Waals surface area contributed by atoms with E-state index in [2.05, 4.69) is 5.10 Å². The van der Waals surface area contributed by atoms with Gasteiger partial charge in [-0.2, -0.15) is 5.10 Å². The zero-order chi connectivity index (χ0) is 12.7. The average Bonchev–Trinajstić information content (AvgIpc) is 2.93. The molecule has 1 N–H and O–H groups in total. The summed E-state index contributed by atoms with van der Waals surface area (Å²) in [6.07, 6.45) is 0.829. The maximum Gasteiger partial charge on any atom is 0.123 e. The minimum Gasteiger partial charge on any atom is -0.493 e. The van der Waals surface area contributed by atoms with Crippen LogP contribution in [0.1, 0.15) is 23.3 Å². The van der Waals surface area contributed by atoms with Crippen LogP contribution in [-0.2, 0) is 7.05 Å². The first-order chi connectivity index (χ1) is 8.68. The van der Waals surface area contributed by atoms with Crippen molar-refractivity contribution in [3.05, 3.63) is 46.7 Å². The van der Waals surface area contributed by atoms with E-state index in [0.29, 0.717) is 17.3 Å². The molecule has 2 atom stereocenters. The first-order valence-corrected chi connectivity index (χ1v) is 6.13. The van der Waals surface area contributed by atoms with Gasteiger partial charge in [0.2, 0.25) is 0 Å². The van der Waals surface area contributed by atoms with Gasteiger partial charge in [0.05, 0.1) is 29.4 Å². The SMILES string of the molecule is Cn1ncc(Cl)c1C(O)C1COc2ccccc21. The van der Waals surface area contributed by atoms with Crippen molar-refractivity contribution in [2.75, 3.05) is 6.61 Å². The number of fused-ring (bicyclic) bond motifs is 1. The van der Waals surface area contributed by atoms with E-state index >= 15 is 0 Å². The quantitative estimate of drug-likeness (QED) is 0.905. The summed E-state index contributed by atoms with van der Waals surface area (Å²) in [6.45, 7) is 0.460. The number of aliphatic hydroxyl groups excluding tert-OH is 1. The molecular formula is C13H13ClN2O2. The van der Waals surface area contributed by atoms with Crippen LogP contribution in [0.25, 0.3) is 0 Å². The number of hydrogen-bond donors (Lipinski definition) is 1. The van der Waals surface area contributed by atoms with Gasteiger partial charge in [0.1, 0.15) is 11.9 Å². The Morgan fingerprint density at radius 1 is 1.50 bits per heavy atom. The van der Waals surface area contributed by atoms with Gasteiger partial charge in [-0.25, -0.2) is 0 Å². The summed E-state index contributed by atoms with van der Waals surface area (Å²) < 4.78 is 7.18. The van der Waals surface area contributed by atoms with Crippen molar-refractivity contribution in [3.8, 4) is 5.75 Å². The Morgan fingerprint density at radius 3 is 3.00 bits per heavy atom. The van der Waals surface area contributed by atoms with E-state index in [1.165, 1.54) is 0 Å². The van der Waals surface area contributed by atoms with Gasteiger partial charge in [0, 0.05) is 12.6 Å². The molecule has 2 unspecified atom stereocenters. The fourth-order valence-corrected chi connectivity index (χ4v) is 2.67. The van der Waals surface area contributed by atoms with Crippen molar-refractivity contribution in [2.24, 2.45) is 7.05 Å². The Labute approximate surface area is 110 Å². The zero-order valence-corrected chi connectivity index (χ0v) is 10.6. The van der Waals surface area contributed by atoms with Gasteiger partial charge in [-0.3, -0.25) is 4.68 Å². The number of para-hydroxylation sites is 1. The lowest BCUT2D eigenvalue weighted by atomic mass is 9.93. The fourth-order valence-electron chi connectivity index (χ4n) is 2.39. The molecule has 0 bridgehead atoms. The maximum atomic E-state index is 10.5. The standard InChI is InChI=1S/C13H13ClN2O2/c1-16-12(10(14)6-15-16)13(17)9-7-18-11-5-3-2-4-8(9)11/h2-6,9,13,17H,7H2,1H3. The summed E-state index contributed by atoms with van der Waals surface area (Å²) in [7, 11) is 1.77. The van der Waals surface area contributed by atoms with Crippen molar-refractivity contribution in [1.29, 1.82) is 0 Å². The van der Waals surface area contributed by atoms with Gasteiger partial charge in [0.15, 0.2) is 0 Å². The summed E-state index contributed by atoms with van der Waals surface area (Å²) in [5, 5.41) is 15.0. The number of aryl methyl sites for hydroxylation is 1. The molecule has 4 nitrogen and oxygen atoms in total. The van der Waals surface area contributed by atoms with Crippen LogP contribution in [0.4, 0.5) is 0 Å². The maximum absolute atomic E-state index is 10.5. The number of ether oxygens (including phenoxy) is 1. The molecule has 1 aliphatic rings. The Bertz CT molecular complexity index is 563. The van der Waals surface area contributed by atoms with Gasteiger partial charge in [-0.05, 0) is 6.07 Å². The predicted molar refractivity (Wildman–Crippen MR) is 67.9 cm³/mol. The van der Waals surface area contributed by atoms with Crippen molar-refractivity contribution in [1.82, 2.24) is 9.78 Å². The molecule has 94 valence electrons. The summed E-state index contributed by atoms with van der Waals surface area (Å²) in [5.74, 6) is 0.731. The second-order valence-corrected chi connectivity index (χ2v) is 4.81. The molecule has 0 saturated carbocycles. The summed E-state index contributed by atoms with van der Waals surface area (Å²) >= 11 is 6.06. The van der Waals surface area contributed by atoms with Crippen LogP contribution in [0, 0.1) is 0 Å². The molecule has 1 aromatic carbocycles. The van der Waals surface area contributed by atoms with Crippen LogP contribution in [-0.4, -0.2) is 21.5 Å². The predicted octanol–water partition coefficient (Wildman–Crippen LogP) is 2.28. The van der Waals surface area contributed by atoms with Gasteiger partial charge in [-0.1, -0.05) is 29.8 Å². The van der Waals surface area contributed by atoms with Crippen LogP contribution >= 0.6 is 11.6 Å². The highest BCUT2D eigenvalue weighted by Crippen LogP contribution is 2.42. The number of hydrogen-bond acceptors (Lipinski definition) is 3. The second-order valence-electron chi connectivity index (χ2n) is 4.40. The number of rotatable bonds is 2. The molecule has 2 heterocycles. The van der Waals surface area contributed by atoms with Crippen LogP contribution in [0.2, 0.25) is 5.02 Å². The third kappa shape index (κ3) is 1.69. The van der Waals surface area contributed by atoms with Crippen molar-refractivity contribution in [2.45, 2.75) is 12.0 Å². The van der Waals surface area contributed by atoms with E-state index in [9.17, 15) is 5.11 Å². The highest BCUT2D eigenvalue weighted by Gasteiger charge is 2.33. The third-order valence-electron chi connectivity index (χ3n) is 3.34.